The van der Waals surface area contributed by atoms with Crippen LogP contribution in [-0.4, -0.2) is 63.4 Å². The molecule has 0 aliphatic heterocycles. The Labute approximate surface area is 214 Å². The SMILES string of the molecule is CN(C)c1cc(C(=O)CC(C)(C)C)c(O)c2c1C[C@H]1C[C@H]3CC(O)=C(C(N)=O)C(=O)[C@@]3(O)C(O)=C1C2=O. The molecule has 1 aromatic rings. The van der Waals surface area contributed by atoms with Crippen molar-refractivity contribution in [1.29, 1.82) is 0 Å². The number of nitrogens with two attached hydrogens (primary N) is 1. The molecule has 198 valence electrons. The minimum absolute atomic E-state index is 0.0331. The molecule has 3 aliphatic rings. The van der Waals surface area contributed by atoms with Gasteiger partial charge in [0.05, 0.1) is 11.1 Å². The predicted octanol–water partition coefficient (Wildman–Crippen LogP) is 2.27. The Balaban J connectivity index is 1.92. The summed E-state index contributed by atoms with van der Waals surface area (Å²) >= 11 is 0. The summed E-state index contributed by atoms with van der Waals surface area (Å²) in [4.78, 5) is 53.5. The lowest BCUT2D eigenvalue weighted by molar-refractivity contribution is -0.144. The van der Waals surface area contributed by atoms with E-state index in [0.717, 1.165) is 0 Å². The van der Waals surface area contributed by atoms with Crippen molar-refractivity contribution in [3.63, 3.8) is 0 Å². The molecule has 0 fully saturated rings. The highest BCUT2D eigenvalue weighted by atomic mass is 16.3. The fourth-order valence-electron chi connectivity index (χ4n) is 5.86. The molecule has 1 aromatic carbocycles. The number of benzene rings is 1. The van der Waals surface area contributed by atoms with E-state index in [4.69, 9.17) is 5.73 Å². The van der Waals surface area contributed by atoms with Gasteiger partial charge in [-0.1, -0.05) is 20.8 Å². The molecule has 37 heavy (non-hydrogen) atoms. The van der Waals surface area contributed by atoms with Crippen molar-refractivity contribution in [2.45, 2.75) is 52.1 Å². The Morgan fingerprint density at radius 2 is 1.76 bits per heavy atom. The Morgan fingerprint density at radius 3 is 2.30 bits per heavy atom. The number of primary amides is 1. The van der Waals surface area contributed by atoms with Crippen LogP contribution in [0.3, 0.4) is 0 Å². The molecule has 3 aliphatic carbocycles. The van der Waals surface area contributed by atoms with E-state index in [1.54, 1.807) is 25.1 Å². The van der Waals surface area contributed by atoms with Crippen LogP contribution in [0.5, 0.6) is 5.75 Å². The van der Waals surface area contributed by atoms with Gasteiger partial charge < -0.3 is 31.1 Å². The number of ketones is 3. The second-order valence-electron chi connectivity index (χ2n) is 11.6. The zero-order valence-corrected chi connectivity index (χ0v) is 21.5. The first kappa shape index (κ1) is 26.4. The lowest BCUT2D eigenvalue weighted by atomic mass is 9.60. The first-order chi connectivity index (χ1) is 17.0. The highest BCUT2D eigenvalue weighted by molar-refractivity contribution is 6.24. The molecule has 10 nitrogen and oxygen atoms in total. The molecule has 10 heteroatoms. The van der Waals surface area contributed by atoms with E-state index in [0.29, 0.717) is 11.3 Å². The molecular formula is C27H32N2O8. The van der Waals surface area contributed by atoms with Crippen molar-refractivity contribution in [1.82, 2.24) is 0 Å². The number of aromatic hydroxyl groups is 1. The number of aliphatic hydroxyl groups is 3. The molecule has 1 amide bonds. The first-order valence-corrected chi connectivity index (χ1v) is 12.1. The Hall–Kier alpha value is -3.66. The van der Waals surface area contributed by atoms with Gasteiger partial charge in [-0.15, -0.1) is 0 Å². The molecule has 0 saturated heterocycles. The van der Waals surface area contributed by atoms with Crippen LogP contribution in [0.25, 0.3) is 0 Å². The molecule has 6 N–H and O–H groups in total. The monoisotopic (exact) mass is 512 g/mol. The summed E-state index contributed by atoms with van der Waals surface area (Å²) < 4.78 is 0. The standard InChI is InChI=1S/C27H32N2O8/c1-26(2,3)10-17(31)14-9-15(29(4)5)13-7-11-6-12-8-16(30)20(25(28)36)24(35)27(12,37)23(34)18(11)22(33)19(13)21(14)32/h9,11-12,30,32,34,37H,6-8,10H2,1-5H3,(H2,28,36)/t11-,12+,27+/m1/s1. The normalized spacial score (nSPS) is 25.5. The van der Waals surface area contributed by atoms with Crippen LogP contribution in [0, 0.1) is 17.3 Å². The average Bonchev–Trinajstić information content (AvgIpc) is 2.74. The third-order valence-corrected chi connectivity index (χ3v) is 7.51. The van der Waals surface area contributed by atoms with Crippen LogP contribution < -0.4 is 10.6 Å². The number of carbonyl (C=O) groups is 4. The van der Waals surface area contributed by atoms with E-state index in [1.165, 1.54) is 0 Å². The van der Waals surface area contributed by atoms with Gasteiger partial charge in [0.25, 0.3) is 5.91 Å². The van der Waals surface area contributed by atoms with Crippen molar-refractivity contribution in [2.24, 2.45) is 23.0 Å². The molecule has 0 saturated carbocycles. The van der Waals surface area contributed by atoms with Gasteiger partial charge in [0, 0.05) is 44.1 Å². The third-order valence-electron chi connectivity index (χ3n) is 7.51. The third kappa shape index (κ3) is 3.90. The molecule has 0 unspecified atom stereocenters. The lowest BCUT2D eigenvalue weighted by Crippen LogP contribution is -2.57. The van der Waals surface area contributed by atoms with E-state index in [1.807, 2.05) is 20.8 Å². The van der Waals surface area contributed by atoms with Crippen molar-refractivity contribution < 1.29 is 39.6 Å². The van der Waals surface area contributed by atoms with Crippen LogP contribution in [0.4, 0.5) is 5.69 Å². The fraction of sp³-hybridized carbons (Fsp3) is 0.481. The largest absolute Gasteiger partial charge is 0.511 e. The van der Waals surface area contributed by atoms with E-state index in [9.17, 15) is 39.6 Å². The Kier molecular flexibility index (Phi) is 6.02. The summed E-state index contributed by atoms with van der Waals surface area (Å²) in [7, 11) is 3.48. The molecule has 0 spiro atoms. The summed E-state index contributed by atoms with van der Waals surface area (Å²) in [5.74, 6) is -7.36. The van der Waals surface area contributed by atoms with Gasteiger partial charge in [-0.3, -0.25) is 19.2 Å². The lowest BCUT2D eigenvalue weighted by Gasteiger charge is -2.46. The number of allylic oxidation sites excluding steroid dienone is 2. The van der Waals surface area contributed by atoms with Gasteiger partial charge in [-0.05, 0) is 35.8 Å². The van der Waals surface area contributed by atoms with Gasteiger partial charge in [0.1, 0.15) is 22.8 Å². The highest BCUT2D eigenvalue weighted by Gasteiger charge is 2.59. The number of fused-ring (bicyclic) bond motifs is 3. The van der Waals surface area contributed by atoms with Gasteiger partial charge in [-0.2, -0.15) is 0 Å². The number of hydrogen-bond donors (Lipinski definition) is 5. The topological polar surface area (TPSA) is 178 Å². The summed E-state index contributed by atoms with van der Waals surface area (Å²) in [5, 5.41) is 44.0. The van der Waals surface area contributed by atoms with Crippen LogP contribution in [0.1, 0.15) is 66.3 Å². The summed E-state index contributed by atoms with van der Waals surface area (Å²) in [5.41, 5.74) is 1.97. The molecule has 0 aromatic heterocycles. The van der Waals surface area contributed by atoms with E-state index in [2.05, 4.69) is 0 Å². The van der Waals surface area contributed by atoms with E-state index >= 15 is 0 Å². The summed E-state index contributed by atoms with van der Waals surface area (Å²) in [6.07, 6.45) is 0.0323. The molecule has 0 radical (unpaired) electrons. The van der Waals surface area contributed by atoms with Crippen LogP contribution in [0.15, 0.2) is 28.7 Å². The second-order valence-corrected chi connectivity index (χ2v) is 11.6. The van der Waals surface area contributed by atoms with Crippen LogP contribution in [-0.2, 0) is 16.0 Å². The molecule has 4 rings (SSSR count). The predicted molar refractivity (Wildman–Crippen MR) is 134 cm³/mol. The number of aliphatic hydroxyl groups excluding tert-OH is 2. The molecule has 3 atom stereocenters. The van der Waals surface area contributed by atoms with E-state index < -0.39 is 57.8 Å². The smallest absolute Gasteiger partial charge is 0.255 e. The second kappa shape index (κ2) is 8.44. The van der Waals surface area contributed by atoms with Gasteiger partial charge >= 0.3 is 0 Å². The van der Waals surface area contributed by atoms with Crippen molar-refractivity contribution in [3.05, 3.63) is 45.4 Å². The summed E-state index contributed by atoms with van der Waals surface area (Å²) in [6.45, 7) is 5.62. The number of carbonyl (C=O) groups excluding carboxylic acids is 4. The zero-order chi connectivity index (χ0) is 27.8. The average molecular weight is 513 g/mol. The fourth-order valence-corrected chi connectivity index (χ4v) is 5.86. The number of anilines is 1. The Morgan fingerprint density at radius 1 is 1.14 bits per heavy atom. The first-order valence-electron chi connectivity index (χ1n) is 12.1. The highest BCUT2D eigenvalue weighted by Crippen LogP contribution is 2.52. The van der Waals surface area contributed by atoms with Gasteiger partial charge in [0.15, 0.2) is 17.2 Å². The molecule has 0 bridgehead atoms. The van der Waals surface area contributed by atoms with Gasteiger partial charge in [0.2, 0.25) is 5.78 Å². The number of phenolic OH excluding ortho intramolecular Hbond substituents is 1. The number of amides is 1. The quantitative estimate of drug-likeness (QED) is 0.299. The molecule has 0 heterocycles. The minimum atomic E-state index is -2.63. The van der Waals surface area contributed by atoms with E-state index in [-0.39, 0.29) is 53.6 Å². The number of nitrogens with zero attached hydrogens (tertiary/aromatic N) is 1. The minimum Gasteiger partial charge on any atom is -0.511 e. The maximum atomic E-state index is 13.8. The number of rotatable bonds is 4. The van der Waals surface area contributed by atoms with Crippen molar-refractivity contribution in [3.8, 4) is 5.75 Å². The summed E-state index contributed by atoms with van der Waals surface area (Å²) in [6, 6.07) is 1.56. The zero-order valence-electron chi connectivity index (χ0n) is 21.5. The van der Waals surface area contributed by atoms with Gasteiger partial charge in [-0.25, -0.2) is 0 Å². The molecular weight excluding hydrogens is 480 g/mol. The number of phenols is 1. The van der Waals surface area contributed by atoms with Crippen molar-refractivity contribution in [2.75, 3.05) is 19.0 Å². The number of Topliss-reactive ketones (excluding diaryl/α,β-unsaturated/α-hetero) is 3. The maximum Gasteiger partial charge on any atom is 0.255 e. The maximum absolute atomic E-state index is 13.8. The Bertz CT molecular complexity index is 1330. The van der Waals surface area contributed by atoms with Crippen LogP contribution in [0.2, 0.25) is 0 Å². The van der Waals surface area contributed by atoms with Crippen LogP contribution >= 0.6 is 0 Å². The van der Waals surface area contributed by atoms with Crippen molar-refractivity contribution >= 4 is 28.9 Å². The number of hydrogen-bond acceptors (Lipinski definition) is 9.